The highest BCUT2D eigenvalue weighted by Gasteiger charge is 2.33. The number of aliphatic hydroxyl groups is 1. The smallest absolute Gasteiger partial charge is 0.374 e. The Morgan fingerprint density at radius 3 is 2.44 bits per heavy atom. The highest BCUT2D eigenvalue weighted by Crippen LogP contribution is 2.33. The van der Waals surface area contributed by atoms with E-state index in [2.05, 4.69) is 26.2 Å². The molecule has 32 heavy (non-hydrogen) atoms. The zero-order valence-corrected chi connectivity index (χ0v) is 19.3. The van der Waals surface area contributed by atoms with Gasteiger partial charge in [0.05, 0.1) is 11.6 Å². The summed E-state index contributed by atoms with van der Waals surface area (Å²) in [6.07, 6.45) is -2.66. The van der Waals surface area contributed by atoms with Crippen LogP contribution in [0.5, 0.6) is 0 Å². The lowest BCUT2D eigenvalue weighted by Crippen LogP contribution is -2.28. The third-order valence-electron chi connectivity index (χ3n) is 5.40. The predicted molar refractivity (Wildman–Crippen MR) is 120 cm³/mol. The number of benzene rings is 1. The normalized spacial score (nSPS) is 13.8. The van der Waals surface area contributed by atoms with E-state index in [-0.39, 0.29) is 22.7 Å². The molecule has 0 radical (unpaired) electrons. The zero-order valence-electron chi connectivity index (χ0n) is 17.7. The lowest BCUT2D eigenvalue weighted by Gasteiger charge is -2.26. The van der Waals surface area contributed by atoms with Gasteiger partial charge in [-0.25, -0.2) is 0 Å². The third-order valence-corrected chi connectivity index (χ3v) is 5.93. The number of hydrogen-bond acceptors (Lipinski definition) is 4. The minimum absolute atomic E-state index is 0.0500. The molecule has 0 spiro atoms. The monoisotopic (exact) mass is 509 g/mol. The molecule has 3 aromatic rings. The van der Waals surface area contributed by atoms with Crippen molar-refractivity contribution in [2.24, 2.45) is 0 Å². The number of nitrogens with zero attached hydrogens (tertiary/aromatic N) is 2. The van der Waals surface area contributed by atoms with Crippen molar-refractivity contribution in [3.8, 4) is 11.1 Å². The van der Waals surface area contributed by atoms with Crippen molar-refractivity contribution < 1.29 is 18.3 Å². The summed E-state index contributed by atoms with van der Waals surface area (Å²) in [4.78, 5) is 16.7. The molecule has 2 aromatic heterocycles. The number of aliphatic hydroxyl groups excluding tert-OH is 1. The Hall–Kier alpha value is -2.49. The number of rotatable bonds is 6. The summed E-state index contributed by atoms with van der Waals surface area (Å²) in [7, 11) is 1.49. The Morgan fingerprint density at radius 1 is 1.22 bits per heavy atom. The molecule has 9 heteroatoms. The van der Waals surface area contributed by atoms with Crippen molar-refractivity contribution >= 4 is 15.9 Å². The Bertz CT molecular complexity index is 1160. The molecule has 0 amide bonds. The average molecular weight is 510 g/mol. The molecule has 2 atom stereocenters. The second-order valence-corrected chi connectivity index (χ2v) is 8.29. The molecular formula is C23H23BrF3N3O2. The molecule has 0 bridgehead atoms. The lowest BCUT2D eigenvalue weighted by molar-refractivity contribution is -0.141. The molecule has 170 valence electrons. The van der Waals surface area contributed by atoms with E-state index in [9.17, 15) is 23.1 Å². The predicted octanol–water partition coefficient (Wildman–Crippen LogP) is 5.21. The lowest BCUT2D eigenvalue weighted by atomic mass is 9.97. The van der Waals surface area contributed by atoms with E-state index < -0.39 is 23.5 Å². The van der Waals surface area contributed by atoms with Crippen LogP contribution in [0, 0.1) is 6.92 Å². The summed E-state index contributed by atoms with van der Waals surface area (Å²) in [6, 6.07) is 9.73. The summed E-state index contributed by atoms with van der Waals surface area (Å²) in [5.74, 6) is 0. The Labute approximate surface area is 192 Å². The molecule has 0 saturated carbocycles. The van der Waals surface area contributed by atoms with Crippen molar-refractivity contribution in [2.75, 3.05) is 7.05 Å². The highest BCUT2D eigenvalue weighted by atomic mass is 79.9. The largest absolute Gasteiger partial charge is 0.433 e. The first-order chi connectivity index (χ1) is 15.1. The number of halogens is 4. The van der Waals surface area contributed by atoms with Crippen LogP contribution < -0.4 is 10.7 Å². The van der Waals surface area contributed by atoms with Gasteiger partial charge in [-0.05, 0) is 55.8 Å². The van der Waals surface area contributed by atoms with E-state index in [0.717, 1.165) is 22.3 Å². The molecular weight excluding hydrogens is 487 g/mol. The van der Waals surface area contributed by atoms with Gasteiger partial charge in [0.15, 0.2) is 5.43 Å². The van der Waals surface area contributed by atoms with Gasteiger partial charge in [-0.1, -0.05) is 35.0 Å². The van der Waals surface area contributed by atoms with E-state index in [0.29, 0.717) is 12.1 Å². The molecule has 0 aliphatic rings. The van der Waals surface area contributed by atoms with Gasteiger partial charge >= 0.3 is 6.18 Å². The fourth-order valence-corrected chi connectivity index (χ4v) is 4.04. The van der Waals surface area contributed by atoms with Crippen molar-refractivity contribution in [1.29, 1.82) is 0 Å². The van der Waals surface area contributed by atoms with Crippen molar-refractivity contribution in [1.82, 2.24) is 14.9 Å². The van der Waals surface area contributed by atoms with Gasteiger partial charge in [-0.15, -0.1) is 0 Å². The van der Waals surface area contributed by atoms with E-state index in [1.165, 1.54) is 13.1 Å². The molecule has 0 fully saturated rings. The van der Waals surface area contributed by atoms with Crippen molar-refractivity contribution in [3.63, 3.8) is 0 Å². The van der Waals surface area contributed by atoms with E-state index in [1.807, 2.05) is 35.8 Å². The van der Waals surface area contributed by atoms with Crippen LogP contribution in [0.15, 0.2) is 58.1 Å². The molecule has 2 unspecified atom stereocenters. The van der Waals surface area contributed by atoms with Crippen LogP contribution in [0.2, 0.25) is 0 Å². The van der Waals surface area contributed by atoms with Gasteiger partial charge in [0.1, 0.15) is 11.9 Å². The molecule has 2 heterocycles. The summed E-state index contributed by atoms with van der Waals surface area (Å²) < 4.78 is 42.5. The van der Waals surface area contributed by atoms with Crippen LogP contribution in [-0.4, -0.2) is 21.7 Å². The Morgan fingerprint density at radius 2 is 1.88 bits per heavy atom. The number of pyridine rings is 2. The molecule has 1 aromatic carbocycles. The summed E-state index contributed by atoms with van der Waals surface area (Å²) in [5.41, 5.74) is 0.0827. The Balaban J connectivity index is 2.31. The minimum Gasteiger partial charge on any atom is -0.374 e. The fraction of sp³-hybridized carbons (Fsp3) is 0.304. The first kappa shape index (κ1) is 24.2. The number of aromatic nitrogens is 2. The van der Waals surface area contributed by atoms with Crippen LogP contribution in [0.3, 0.4) is 0 Å². The SMILES string of the molecule is CCC(c1ccc(Br)cc1)n1cc(C(O)NC)c(=O)c(-c2ccnc(C(F)(F)F)c2)c1C. The molecule has 0 saturated heterocycles. The van der Waals surface area contributed by atoms with Crippen LogP contribution in [-0.2, 0) is 6.18 Å². The summed E-state index contributed by atoms with van der Waals surface area (Å²) in [5, 5.41) is 13.1. The highest BCUT2D eigenvalue weighted by molar-refractivity contribution is 9.10. The van der Waals surface area contributed by atoms with Crippen molar-refractivity contribution in [2.45, 2.75) is 38.7 Å². The topological polar surface area (TPSA) is 67.2 Å². The maximum absolute atomic E-state index is 13.3. The second-order valence-electron chi connectivity index (χ2n) is 7.38. The first-order valence-electron chi connectivity index (χ1n) is 9.98. The van der Waals surface area contributed by atoms with Gasteiger partial charge in [0.2, 0.25) is 0 Å². The Kier molecular flexibility index (Phi) is 7.22. The second kappa shape index (κ2) is 9.56. The van der Waals surface area contributed by atoms with E-state index in [1.54, 1.807) is 13.1 Å². The van der Waals surface area contributed by atoms with Crippen molar-refractivity contribution in [3.05, 3.63) is 86.0 Å². The third kappa shape index (κ3) is 4.79. The van der Waals surface area contributed by atoms with Crippen LogP contribution >= 0.6 is 15.9 Å². The van der Waals surface area contributed by atoms with Gasteiger partial charge in [0.25, 0.3) is 0 Å². The van der Waals surface area contributed by atoms with E-state index in [4.69, 9.17) is 0 Å². The first-order valence-corrected chi connectivity index (χ1v) is 10.8. The zero-order chi connectivity index (χ0) is 23.6. The van der Waals surface area contributed by atoms with E-state index >= 15 is 0 Å². The molecule has 0 aliphatic carbocycles. The fourth-order valence-electron chi connectivity index (χ4n) is 3.78. The van der Waals surface area contributed by atoms with Gasteiger partial charge in [-0.3, -0.25) is 15.1 Å². The maximum Gasteiger partial charge on any atom is 0.433 e. The maximum atomic E-state index is 13.3. The number of alkyl halides is 3. The molecule has 5 nitrogen and oxygen atoms in total. The minimum atomic E-state index is -4.64. The van der Waals surface area contributed by atoms with Gasteiger partial charge in [0, 0.05) is 28.1 Å². The average Bonchev–Trinajstić information content (AvgIpc) is 2.76. The summed E-state index contributed by atoms with van der Waals surface area (Å²) >= 11 is 3.41. The van der Waals surface area contributed by atoms with Crippen LogP contribution in [0.1, 0.15) is 48.1 Å². The summed E-state index contributed by atoms with van der Waals surface area (Å²) in [6.45, 7) is 3.67. The number of hydrogen-bond donors (Lipinski definition) is 2. The quantitative estimate of drug-likeness (QED) is 0.447. The van der Waals surface area contributed by atoms with Crippen LogP contribution in [0.25, 0.3) is 11.1 Å². The standard InChI is InChI=1S/C23H23BrF3N3O2/c1-4-18(14-5-7-16(24)8-6-14)30-12-17(22(32)28-3)21(31)20(13(30)2)15-9-10-29-19(11-15)23(25,26)27/h5-12,18,22,28,32H,4H2,1-3H3. The van der Waals surface area contributed by atoms with Gasteiger partial charge < -0.3 is 9.67 Å². The van der Waals surface area contributed by atoms with Crippen LogP contribution in [0.4, 0.5) is 13.2 Å². The number of nitrogens with one attached hydrogen (secondary N) is 1. The molecule has 0 aliphatic heterocycles. The van der Waals surface area contributed by atoms with Gasteiger partial charge in [-0.2, -0.15) is 13.2 Å². The molecule has 2 N–H and O–H groups in total. The molecule has 3 rings (SSSR count).